The van der Waals surface area contributed by atoms with Gasteiger partial charge in [0.2, 0.25) is 16.1 Å². The summed E-state index contributed by atoms with van der Waals surface area (Å²) >= 11 is 2.75. The maximum Gasteiger partial charge on any atom is 0.217 e. The van der Waals surface area contributed by atoms with Crippen molar-refractivity contribution in [1.29, 1.82) is 0 Å². The third kappa shape index (κ3) is 4.07. The van der Waals surface area contributed by atoms with Gasteiger partial charge in [-0.05, 0) is 30.7 Å². The number of nitrogens with zero attached hydrogens (tertiary/aromatic N) is 2. The number of hydrogen-bond donors (Lipinski definition) is 1. The van der Waals surface area contributed by atoms with Crippen LogP contribution in [0.25, 0.3) is 11.0 Å². The minimum atomic E-state index is -0.358. The maximum absolute atomic E-state index is 13.4. The number of furan rings is 1. The predicted octanol–water partition coefficient (Wildman–Crippen LogP) is 5.32. The number of carbonyl (C=O) groups is 1. The summed E-state index contributed by atoms with van der Waals surface area (Å²) in [5.74, 6) is 0.437. The highest BCUT2D eigenvalue weighted by atomic mass is 32.2. The van der Waals surface area contributed by atoms with Gasteiger partial charge in [0.15, 0.2) is 5.76 Å². The summed E-state index contributed by atoms with van der Waals surface area (Å²) in [7, 11) is 0. The Morgan fingerprint density at radius 1 is 1.25 bits per heavy atom. The number of anilines is 1. The van der Waals surface area contributed by atoms with Gasteiger partial charge in [0.25, 0.3) is 0 Å². The molecule has 0 aliphatic carbocycles. The number of ketones is 1. The van der Waals surface area contributed by atoms with E-state index in [1.54, 1.807) is 18.7 Å². The summed E-state index contributed by atoms with van der Waals surface area (Å²) in [6.07, 6.45) is 0. The van der Waals surface area contributed by atoms with Gasteiger partial charge in [0.1, 0.15) is 11.4 Å². The van der Waals surface area contributed by atoms with Crippen LogP contribution in [0, 0.1) is 12.7 Å². The molecular weight excluding hydrogens is 397 g/mol. The van der Waals surface area contributed by atoms with Crippen LogP contribution in [0.3, 0.4) is 0 Å². The first-order valence-electron chi connectivity index (χ1n) is 8.56. The molecule has 0 radical (unpaired) electrons. The van der Waals surface area contributed by atoms with E-state index >= 15 is 0 Å². The minimum Gasteiger partial charge on any atom is -0.453 e. The van der Waals surface area contributed by atoms with E-state index in [1.807, 2.05) is 18.2 Å². The molecule has 0 atom stereocenters. The number of halogens is 1. The van der Waals surface area contributed by atoms with Crippen molar-refractivity contribution in [3.05, 3.63) is 71.2 Å². The van der Waals surface area contributed by atoms with Crippen molar-refractivity contribution in [2.45, 2.75) is 17.8 Å². The molecule has 2 heterocycles. The van der Waals surface area contributed by atoms with Gasteiger partial charge in [-0.15, -0.1) is 0 Å². The normalized spacial score (nSPS) is 11.1. The number of rotatable bonds is 7. The Morgan fingerprint density at radius 3 is 2.89 bits per heavy atom. The van der Waals surface area contributed by atoms with Crippen molar-refractivity contribution in [3.63, 3.8) is 0 Å². The van der Waals surface area contributed by atoms with Crippen LogP contribution in [0.5, 0.6) is 0 Å². The molecule has 0 saturated heterocycles. The maximum atomic E-state index is 13.4. The Morgan fingerprint density at radius 2 is 2.07 bits per heavy atom. The molecule has 28 heavy (non-hydrogen) atoms. The Labute approximate surface area is 169 Å². The van der Waals surface area contributed by atoms with Crippen molar-refractivity contribution >= 4 is 45.2 Å². The lowest BCUT2D eigenvalue weighted by Gasteiger charge is -2.00. The van der Waals surface area contributed by atoms with Gasteiger partial charge in [0.05, 0.1) is 6.54 Å². The minimum absolute atomic E-state index is 0.0289. The van der Waals surface area contributed by atoms with Crippen LogP contribution in [0.2, 0.25) is 0 Å². The van der Waals surface area contributed by atoms with E-state index in [1.165, 1.54) is 35.3 Å². The second-order valence-corrected chi connectivity index (χ2v) is 7.82. The Kier molecular flexibility index (Phi) is 5.40. The molecule has 0 amide bonds. The fourth-order valence-electron chi connectivity index (χ4n) is 2.76. The summed E-state index contributed by atoms with van der Waals surface area (Å²) in [6.45, 7) is 1.78. The molecule has 0 spiro atoms. The van der Waals surface area contributed by atoms with Crippen molar-refractivity contribution in [3.8, 4) is 0 Å². The lowest BCUT2D eigenvalue weighted by atomic mass is 10.1. The van der Waals surface area contributed by atoms with Crippen LogP contribution in [0.4, 0.5) is 9.52 Å². The smallest absolute Gasteiger partial charge is 0.217 e. The number of benzene rings is 2. The zero-order valence-corrected chi connectivity index (χ0v) is 16.6. The predicted molar refractivity (Wildman–Crippen MR) is 110 cm³/mol. The van der Waals surface area contributed by atoms with Crippen molar-refractivity contribution in [1.82, 2.24) is 9.36 Å². The highest BCUT2D eigenvalue weighted by Crippen LogP contribution is 2.27. The summed E-state index contributed by atoms with van der Waals surface area (Å²) < 4.78 is 23.3. The second kappa shape index (κ2) is 8.12. The summed E-state index contributed by atoms with van der Waals surface area (Å²) in [6, 6.07) is 14.3. The van der Waals surface area contributed by atoms with Gasteiger partial charge in [-0.2, -0.15) is 9.36 Å². The molecule has 8 heteroatoms. The molecule has 2 aromatic carbocycles. The first kappa shape index (κ1) is 18.6. The average molecular weight is 413 g/mol. The van der Waals surface area contributed by atoms with Crippen molar-refractivity contribution in [2.24, 2.45) is 0 Å². The molecule has 0 aliphatic heterocycles. The van der Waals surface area contributed by atoms with Gasteiger partial charge in [-0.1, -0.05) is 42.1 Å². The Bertz CT molecular complexity index is 1130. The third-order valence-corrected chi connectivity index (χ3v) is 5.88. The molecular formula is C20H16FN3O2S2. The second-order valence-electron chi connectivity index (χ2n) is 6.13. The van der Waals surface area contributed by atoms with Crippen LogP contribution in [-0.2, 0) is 5.75 Å². The highest BCUT2D eigenvalue weighted by Gasteiger charge is 2.18. The molecule has 142 valence electrons. The van der Waals surface area contributed by atoms with E-state index in [0.29, 0.717) is 26.8 Å². The third-order valence-electron chi connectivity index (χ3n) is 4.17. The van der Waals surface area contributed by atoms with Crippen LogP contribution >= 0.6 is 23.3 Å². The topological polar surface area (TPSA) is 68.0 Å². The lowest BCUT2D eigenvalue weighted by Crippen LogP contribution is -2.14. The molecule has 0 unspecified atom stereocenters. The number of hydrogen-bond acceptors (Lipinski definition) is 7. The van der Waals surface area contributed by atoms with Crippen LogP contribution in [0.1, 0.15) is 21.7 Å². The molecule has 0 bridgehead atoms. The molecule has 2 aromatic heterocycles. The van der Waals surface area contributed by atoms with Gasteiger partial charge in [0, 0.05) is 28.2 Å². The zero-order chi connectivity index (χ0) is 19.5. The fraction of sp³-hybridized carbons (Fsp3) is 0.150. The standard InChI is InChI=1S/C20H16FN3O2S2/c1-12-15-9-14(21)7-8-17(15)26-18(12)16(25)10-22-19-23-20(24-28-19)27-11-13-5-3-2-4-6-13/h2-9H,10-11H2,1H3,(H,22,23,24). The van der Waals surface area contributed by atoms with E-state index in [0.717, 1.165) is 5.75 Å². The molecule has 1 N–H and O–H groups in total. The first-order chi connectivity index (χ1) is 13.6. The Balaban J connectivity index is 1.38. The van der Waals surface area contributed by atoms with Crippen LogP contribution in [-0.4, -0.2) is 21.7 Å². The summed E-state index contributed by atoms with van der Waals surface area (Å²) in [4.78, 5) is 16.9. The van der Waals surface area contributed by atoms with E-state index in [-0.39, 0.29) is 23.9 Å². The monoisotopic (exact) mass is 413 g/mol. The van der Waals surface area contributed by atoms with Crippen LogP contribution < -0.4 is 5.32 Å². The van der Waals surface area contributed by atoms with Gasteiger partial charge in [-0.3, -0.25) is 4.79 Å². The van der Waals surface area contributed by atoms with Crippen molar-refractivity contribution < 1.29 is 13.6 Å². The van der Waals surface area contributed by atoms with E-state index in [4.69, 9.17) is 4.42 Å². The van der Waals surface area contributed by atoms with E-state index in [9.17, 15) is 9.18 Å². The van der Waals surface area contributed by atoms with E-state index in [2.05, 4.69) is 26.8 Å². The number of thioether (sulfide) groups is 1. The molecule has 4 rings (SSSR count). The van der Waals surface area contributed by atoms with Crippen LogP contribution in [0.15, 0.2) is 58.1 Å². The first-order valence-corrected chi connectivity index (χ1v) is 10.3. The molecule has 5 nitrogen and oxygen atoms in total. The number of nitrogens with one attached hydrogen (secondary N) is 1. The quantitative estimate of drug-likeness (QED) is 0.327. The largest absolute Gasteiger partial charge is 0.453 e. The van der Waals surface area contributed by atoms with Crippen molar-refractivity contribution in [2.75, 3.05) is 11.9 Å². The number of Topliss-reactive ketones (excluding diaryl/α,β-unsaturated/α-hetero) is 1. The Hall–Kier alpha value is -2.71. The van der Waals surface area contributed by atoms with Gasteiger partial charge < -0.3 is 9.73 Å². The molecule has 4 aromatic rings. The molecule has 0 aliphatic rings. The lowest BCUT2D eigenvalue weighted by molar-refractivity contribution is 0.0981. The number of aromatic nitrogens is 2. The van der Waals surface area contributed by atoms with E-state index < -0.39 is 0 Å². The molecule has 0 fully saturated rings. The zero-order valence-electron chi connectivity index (χ0n) is 14.9. The van der Waals surface area contributed by atoms with Gasteiger partial charge in [-0.25, -0.2) is 4.39 Å². The average Bonchev–Trinajstić information content (AvgIpc) is 3.30. The number of carbonyl (C=O) groups excluding carboxylic acids is 1. The highest BCUT2D eigenvalue weighted by molar-refractivity contribution is 7.98. The summed E-state index contributed by atoms with van der Waals surface area (Å²) in [5.41, 5.74) is 2.33. The fourth-order valence-corrected chi connectivity index (χ4v) is 4.25. The number of fused-ring (bicyclic) bond motifs is 1. The van der Waals surface area contributed by atoms with Gasteiger partial charge >= 0.3 is 0 Å². The SMILES string of the molecule is Cc1c(C(=O)CNc2nc(SCc3ccccc3)ns2)oc2ccc(F)cc12. The molecule has 0 saturated carbocycles. The number of aryl methyl sites for hydroxylation is 1. The summed E-state index contributed by atoms with van der Waals surface area (Å²) in [5, 5.41) is 4.84.